The van der Waals surface area contributed by atoms with Gasteiger partial charge in [0.1, 0.15) is 0 Å². The molecule has 0 spiro atoms. The summed E-state index contributed by atoms with van der Waals surface area (Å²) in [5, 5.41) is 10.2. The third kappa shape index (κ3) is 4.93. The smallest absolute Gasteiger partial charge is 0.285 e. The molecule has 25 heavy (non-hydrogen) atoms. The van der Waals surface area contributed by atoms with Crippen molar-refractivity contribution in [2.75, 3.05) is 0 Å². The monoisotopic (exact) mass is 349 g/mol. The van der Waals surface area contributed by atoms with Gasteiger partial charge in [-0.2, -0.15) is 13.2 Å². The van der Waals surface area contributed by atoms with E-state index in [2.05, 4.69) is 0 Å². The van der Waals surface area contributed by atoms with Crippen LogP contribution >= 0.6 is 0 Å². The first-order chi connectivity index (χ1) is 11.7. The molecule has 0 saturated carbocycles. The van der Waals surface area contributed by atoms with E-state index in [-0.39, 0.29) is 0 Å². The van der Waals surface area contributed by atoms with Crippen LogP contribution in [0.25, 0.3) is 17.2 Å². The highest BCUT2D eigenvalue weighted by Crippen LogP contribution is 2.31. The predicted molar refractivity (Wildman–Crippen MR) is 89.7 cm³/mol. The van der Waals surface area contributed by atoms with Crippen molar-refractivity contribution in [1.82, 2.24) is 5.06 Å². The van der Waals surface area contributed by atoms with Gasteiger partial charge in [0.25, 0.3) is 0 Å². The Balaban J connectivity index is 2.20. The van der Waals surface area contributed by atoms with Gasteiger partial charge in [0.05, 0.1) is 11.6 Å². The number of halogens is 3. The highest BCUT2D eigenvalue weighted by atomic mass is 19.4. The fourth-order valence-electron chi connectivity index (χ4n) is 2.29. The maximum absolute atomic E-state index is 12.6. The summed E-state index contributed by atoms with van der Waals surface area (Å²) >= 11 is 0. The summed E-state index contributed by atoms with van der Waals surface area (Å²) in [5.41, 5.74) is 1.56. The molecule has 1 amide bonds. The lowest BCUT2D eigenvalue weighted by atomic mass is 10.0. The van der Waals surface area contributed by atoms with E-state index in [1.54, 1.807) is 31.2 Å². The standard InChI is InChI=1S/C19H18F3NO2/c1-13(23(25)14(2)24)6-7-15-4-3-5-17(12-15)16-8-10-18(11-9-16)19(20,21)22/h3-13,25H,1-2H3. The highest BCUT2D eigenvalue weighted by Gasteiger charge is 2.29. The van der Waals surface area contributed by atoms with E-state index < -0.39 is 23.7 Å². The molecule has 0 aliphatic carbocycles. The van der Waals surface area contributed by atoms with Crippen LogP contribution in [-0.4, -0.2) is 22.2 Å². The normalized spacial score (nSPS) is 13.0. The molecule has 0 radical (unpaired) electrons. The minimum absolute atomic E-state index is 0.462. The van der Waals surface area contributed by atoms with Crippen molar-refractivity contribution in [1.29, 1.82) is 0 Å². The molecule has 2 rings (SSSR count). The Morgan fingerprint density at radius 1 is 1.12 bits per heavy atom. The topological polar surface area (TPSA) is 40.5 Å². The lowest BCUT2D eigenvalue weighted by molar-refractivity contribution is -0.167. The number of hydrogen-bond donors (Lipinski definition) is 1. The van der Waals surface area contributed by atoms with Crippen molar-refractivity contribution in [2.24, 2.45) is 0 Å². The number of carbonyl (C=O) groups excluding carboxylic acids is 1. The first-order valence-corrected chi connectivity index (χ1v) is 7.63. The molecule has 0 fully saturated rings. The van der Waals surface area contributed by atoms with Gasteiger partial charge in [0, 0.05) is 6.92 Å². The largest absolute Gasteiger partial charge is 0.416 e. The molecule has 0 heterocycles. The minimum Gasteiger partial charge on any atom is -0.285 e. The number of alkyl halides is 3. The fraction of sp³-hybridized carbons (Fsp3) is 0.211. The lowest BCUT2D eigenvalue weighted by Gasteiger charge is -2.17. The third-order valence-corrected chi connectivity index (χ3v) is 3.71. The second-order valence-electron chi connectivity index (χ2n) is 5.66. The summed E-state index contributed by atoms with van der Waals surface area (Å²) in [5.74, 6) is -0.462. The summed E-state index contributed by atoms with van der Waals surface area (Å²) < 4.78 is 37.9. The molecular formula is C19H18F3NO2. The van der Waals surface area contributed by atoms with Crippen LogP contribution in [0.5, 0.6) is 0 Å². The summed E-state index contributed by atoms with van der Waals surface area (Å²) in [6, 6.07) is 11.7. The summed E-state index contributed by atoms with van der Waals surface area (Å²) in [7, 11) is 0. The molecule has 0 aromatic heterocycles. The molecule has 0 aliphatic rings. The van der Waals surface area contributed by atoms with Gasteiger partial charge in [-0.25, -0.2) is 5.06 Å². The molecule has 0 saturated heterocycles. The molecule has 3 nitrogen and oxygen atoms in total. The second kappa shape index (κ2) is 7.53. The molecule has 6 heteroatoms. The van der Waals surface area contributed by atoms with Crippen LogP contribution in [0, 0.1) is 0 Å². The van der Waals surface area contributed by atoms with Crippen LogP contribution in [0.3, 0.4) is 0 Å². The maximum atomic E-state index is 12.6. The van der Waals surface area contributed by atoms with Crippen LogP contribution in [0.2, 0.25) is 0 Å². The number of benzene rings is 2. The van der Waals surface area contributed by atoms with Gasteiger partial charge >= 0.3 is 6.18 Å². The van der Waals surface area contributed by atoms with E-state index in [1.165, 1.54) is 19.1 Å². The second-order valence-corrected chi connectivity index (χ2v) is 5.66. The summed E-state index contributed by atoms with van der Waals surface area (Å²) in [6.07, 6.45) is -0.955. The highest BCUT2D eigenvalue weighted by molar-refractivity contribution is 5.73. The number of hydrogen-bond acceptors (Lipinski definition) is 2. The van der Waals surface area contributed by atoms with Gasteiger partial charge in [-0.1, -0.05) is 42.5 Å². The number of carbonyl (C=O) groups is 1. The Labute approximate surface area is 144 Å². The van der Waals surface area contributed by atoms with Crippen LogP contribution < -0.4 is 0 Å². The van der Waals surface area contributed by atoms with Gasteiger partial charge < -0.3 is 0 Å². The van der Waals surface area contributed by atoms with Crippen LogP contribution in [0.15, 0.2) is 54.6 Å². The van der Waals surface area contributed by atoms with Crippen molar-refractivity contribution in [2.45, 2.75) is 26.1 Å². The zero-order valence-electron chi connectivity index (χ0n) is 13.8. The van der Waals surface area contributed by atoms with E-state index in [0.29, 0.717) is 10.6 Å². The van der Waals surface area contributed by atoms with Crippen LogP contribution in [-0.2, 0) is 11.0 Å². The minimum atomic E-state index is -4.36. The van der Waals surface area contributed by atoms with Gasteiger partial charge in [-0.15, -0.1) is 0 Å². The van der Waals surface area contributed by atoms with Crippen molar-refractivity contribution in [3.63, 3.8) is 0 Å². The average Bonchev–Trinajstić information content (AvgIpc) is 2.58. The van der Waals surface area contributed by atoms with Gasteiger partial charge in [-0.3, -0.25) is 10.0 Å². The Hall–Kier alpha value is -2.60. The Morgan fingerprint density at radius 2 is 1.76 bits per heavy atom. The van der Waals surface area contributed by atoms with Crippen molar-refractivity contribution in [3.05, 3.63) is 65.7 Å². The number of nitrogens with zero attached hydrogens (tertiary/aromatic N) is 1. The SMILES string of the molecule is CC(=O)N(O)C(C)C=Cc1cccc(-c2ccc(C(F)(F)F)cc2)c1. The molecule has 1 N–H and O–H groups in total. The van der Waals surface area contributed by atoms with Crippen molar-refractivity contribution < 1.29 is 23.2 Å². The molecule has 0 bridgehead atoms. The lowest BCUT2D eigenvalue weighted by Crippen LogP contribution is -2.32. The van der Waals surface area contributed by atoms with E-state index in [9.17, 15) is 23.2 Å². The van der Waals surface area contributed by atoms with E-state index in [1.807, 2.05) is 12.1 Å². The Bertz CT molecular complexity index is 767. The molecule has 2 aromatic rings. The summed E-state index contributed by atoms with van der Waals surface area (Å²) in [4.78, 5) is 11.1. The number of hydroxylamine groups is 2. The molecular weight excluding hydrogens is 331 g/mol. The van der Waals surface area contributed by atoms with E-state index in [0.717, 1.165) is 23.3 Å². The Morgan fingerprint density at radius 3 is 2.32 bits per heavy atom. The predicted octanol–water partition coefficient (Wildman–Crippen LogP) is 5.01. The van der Waals surface area contributed by atoms with Crippen molar-refractivity contribution >= 4 is 12.0 Å². The third-order valence-electron chi connectivity index (χ3n) is 3.71. The van der Waals surface area contributed by atoms with Gasteiger partial charge in [0.2, 0.25) is 5.91 Å². The molecule has 1 atom stereocenters. The summed E-state index contributed by atoms with van der Waals surface area (Å²) in [6.45, 7) is 2.92. The number of amides is 1. The molecule has 132 valence electrons. The molecule has 0 aliphatic heterocycles. The molecule has 2 aromatic carbocycles. The van der Waals surface area contributed by atoms with E-state index >= 15 is 0 Å². The first-order valence-electron chi connectivity index (χ1n) is 7.63. The number of rotatable bonds is 4. The van der Waals surface area contributed by atoms with E-state index in [4.69, 9.17) is 0 Å². The van der Waals surface area contributed by atoms with Crippen LogP contribution in [0.4, 0.5) is 13.2 Å². The molecule has 1 unspecified atom stereocenters. The fourth-order valence-corrected chi connectivity index (χ4v) is 2.29. The maximum Gasteiger partial charge on any atom is 0.416 e. The zero-order valence-corrected chi connectivity index (χ0v) is 13.8. The first kappa shape index (κ1) is 18.7. The van der Waals surface area contributed by atoms with Gasteiger partial charge in [0.15, 0.2) is 0 Å². The van der Waals surface area contributed by atoms with Crippen molar-refractivity contribution in [3.8, 4) is 11.1 Å². The zero-order chi connectivity index (χ0) is 18.6. The Kier molecular flexibility index (Phi) is 5.64. The van der Waals surface area contributed by atoms with Crippen LogP contribution in [0.1, 0.15) is 25.0 Å². The quantitative estimate of drug-likeness (QED) is 0.622. The van der Waals surface area contributed by atoms with Gasteiger partial charge in [-0.05, 0) is 41.8 Å². The average molecular weight is 349 g/mol.